The Hall–Kier alpha value is -1.10. The Morgan fingerprint density at radius 2 is 1.95 bits per heavy atom. The van der Waals surface area contributed by atoms with Gasteiger partial charge in [0.25, 0.3) is 0 Å². The molecular formula is C14H21ClN2O2. The SMILES string of the molecule is Cc1cc(C)cc(NC(=O)[C@H]2NCCO[C@@H]2C)c1.Cl. The van der Waals surface area contributed by atoms with Crippen LogP contribution >= 0.6 is 12.4 Å². The van der Waals surface area contributed by atoms with Crippen molar-refractivity contribution < 1.29 is 9.53 Å². The van der Waals surface area contributed by atoms with Gasteiger partial charge in [0.15, 0.2) is 0 Å². The first-order valence-corrected chi connectivity index (χ1v) is 6.30. The second-order valence-corrected chi connectivity index (χ2v) is 4.87. The molecule has 0 spiro atoms. The normalized spacial score (nSPS) is 22.5. The molecule has 4 nitrogen and oxygen atoms in total. The summed E-state index contributed by atoms with van der Waals surface area (Å²) in [7, 11) is 0. The van der Waals surface area contributed by atoms with Crippen LogP contribution in [0.4, 0.5) is 5.69 Å². The third-order valence-electron chi connectivity index (χ3n) is 3.09. The molecule has 1 fully saturated rings. The van der Waals surface area contributed by atoms with Gasteiger partial charge >= 0.3 is 0 Å². The number of aryl methyl sites for hydroxylation is 2. The molecule has 0 radical (unpaired) electrons. The van der Waals surface area contributed by atoms with E-state index in [2.05, 4.69) is 16.7 Å². The monoisotopic (exact) mass is 284 g/mol. The van der Waals surface area contributed by atoms with Crippen LogP contribution in [0, 0.1) is 13.8 Å². The lowest BCUT2D eigenvalue weighted by atomic mass is 10.1. The number of carbonyl (C=O) groups excluding carboxylic acids is 1. The van der Waals surface area contributed by atoms with E-state index in [4.69, 9.17) is 4.74 Å². The lowest BCUT2D eigenvalue weighted by molar-refractivity contribution is -0.123. The van der Waals surface area contributed by atoms with Crippen LogP contribution in [0.5, 0.6) is 0 Å². The van der Waals surface area contributed by atoms with Crippen LogP contribution in [0.25, 0.3) is 0 Å². The molecule has 19 heavy (non-hydrogen) atoms. The lowest BCUT2D eigenvalue weighted by Crippen LogP contribution is -2.53. The van der Waals surface area contributed by atoms with Gasteiger partial charge in [-0.05, 0) is 44.0 Å². The number of benzene rings is 1. The number of ether oxygens (including phenoxy) is 1. The predicted molar refractivity (Wildman–Crippen MR) is 79.0 cm³/mol. The highest BCUT2D eigenvalue weighted by molar-refractivity contribution is 5.95. The standard InChI is InChI=1S/C14H20N2O2.ClH/c1-9-6-10(2)8-12(7-9)16-14(17)13-11(3)18-5-4-15-13;/h6-8,11,13,15H,4-5H2,1-3H3,(H,16,17);1H/t11-,13+;/m1./s1. The Balaban J connectivity index is 0.00000180. The summed E-state index contributed by atoms with van der Waals surface area (Å²) in [6.45, 7) is 7.34. The molecule has 1 aliphatic rings. The summed E-state index contributed by atoms with van der Waals surface area (Å²) in [5.41, 5.74) is 3.13. The Morgan fingerprint density at radius 3 is 2.53 bits per heavy atom. The number of hydrogen-bond donors (Lipinski definition) is 2. The summed E-state index contributed by atoms with van der Waals surface area (Å²) >= 11 is 0. The smallest absolute Gasteiger partial charge is 0.244 e. The molecule has 0 bridgehead atoms. The first-order valence-electron chi connectivity index (χ1n) is 6.30. The molecule has 1 aromatic rings. The van der Waals surface area contributed by atoms with E-state index >= 15 is 0 Å². The van der Waals surface area contributed by atoms with E-state index in [0.717, 1.165) is 23.4 Å². The quantitative estimate of drug-likeness (QED) is 0.874. The van der Waals surface area contributed by atoms with Crippen molar-refractivity contribution in [3.63, 3.8) is 0 Å². The summed E-state index contributed by atoms with van der Waals surface area (Å²) in [4.78, 5) is 12.1. The number of rotatable bonds is 2. The Morgan fingerprint density at radius 1 is 1.32 bits per heavy atom. The molecule has 1 heterocycles. The van der Waals surface area contributed by atoms with E-state index in [9.17, 15) is 4.79 Å². The highest BCUT2D eigenvalue weighted by atomic mass is 35.5. The molecule has 0 saturated carbocycles. The number of anilines is 1. The number of halogens is 1. The zero-order chi connectivity index (χ0) is 13.1. The molecule has 0 unspecified atom stereocenters. The molecule has 5 heteroatoms. The fourth-order valence-electron chi connectivity index (χ4n) is 2.29. The van der Waals surface area contributed by atoms with Gasteiger partial charge in [0.05, 0.1) is 12.7 Å². The first kappa shape index (κ1) is 16.0. The van der Waals surface area contributed by atoms with Crippen LogP contribution in [-0.4, -0.2) is 31.2 Å². The van der Waals surface area contributed by atoms with Gasteiger partial charge in [-0.2, -0.15) is 0 Å². The van der Waals surface area contributed by atoms with Gasteiger partial charge in [0, 0.05) is 12.2 Å². The van der Waals surface area contributed by atoms with Crippen molar-refractivity contribution in [2.24, 2.45) is 0 Å². The maximum Gasteiger partial charge on any atom is 0.244 e. The van der Waals surface area contributed by atoms with Gasteiger partial charge in [-0.3, -0.25) is 4.79 Å². The molecule has 2 rings (SSSR count). The van der Waals surface area contributed by atoms with E-state index in [-0.39, 0.29) is 30.5 Å². The molecule has 1 aromatic carbocycles. The fourth-order valence-corrected chi connectivity index (χ4v) is 2.29. The Labute approximate surface area is 120 Å². The first-order chi connectivity index (χ1) is 8.56. The molecule has 2 atom stereocenters. The van der Waals surface area contributed by atoms with Crippen LogP contribution in [0.3, 0.4) is 0 Å². The third kappa shape index (κ3) is 4.20. The molecule has 1 saturated heterocycles. The largest absolute Gasteiger partial charge is 0.375 e. The maximum atomic E-state index is 12.1. The number of hydrogen-bond acceptors (Lipinski definition) is 3. The van der Waals surface area contributed by atoms with Crippen LogP contribution in [0.1, 0.15) is 18.1 Å². The zero-order valence-electron chi connectivity index (χ0n) is 11.5. The van der Waals surface area contributed by atoms with E-state index in [1.807, 2.05) is 32.9 Å². The summed E-state index contributed by atoms with van der Waals surface area (Å²) < 4.78 is 5.47. The molecule has 1 amide bonds. The van der Waals surface area contributed by atoms with Gasteiger partial charge in [0.2, 0.25) is 5.91 Å². The second-order valence-electron chi connectivity index (χ2n) is 4.87. The molecule has 0 aliphatic carbocycles. The summed E-state index contributed by atoms with van der Waals surface area (Å²) in [6, 6.07) is 5.75. The van der Waals surface area contributed by atoms with Crippen molar-refractivity contribution in [3.05, 3.63) is 29.3 Å². The minimum atomic E-state index is -0.278. The van der Waals surface area contributed by atoms with Crippen molar-refractivity contribution in [3.8, 4) is 0 Å². The van der Waals surface area contributed by atoms with Crippen molar-refractivity contribution >= 4 is 24.0 Å². The van der Waals surface area contributed by atoms with Crippen molar-refractivity contribution in [1.82, 2.24) is 5.32 Å². The maximum absolute atomic E-state index is 12.1. The average Bonchev–Trinajstić information content (AvgIpc) is 2.27. The summed E-state index contributed by atoms with van der Waals surface area (Å²) in [6.07, 6.45) is -0.0929. The van der Waals surface area contributed by atoms with E-state index in [1.165, 1.54) is 0 Å². The molecule has 2 N–H and O–H groups in total. The second kappa shape index (κ2) is 6.89. The van der Waals surface area contributed by atoms with Crippen molar-refractivity contribution in [2.45, 2.75) is 32.9 Å². The molecular weight excluding hydrogens is 264 g/mol. The van der Waals surface area contributed by atoms with Crippen LogP contribution in [-0.2, 0) is 9.53 Å². The predicted octanol–water partition coefficient (Wildman–Crippen LogP) is 2.04. The molecule has 1 aliphatic heterocycles. The van der Waals surface area contributed by atoms with E-state index in [0.29, 0.717) is 6.61 Å². The topological polar surface area (TPSA) is 50.4 Å². The number of carbonyl (C=O) groups is 1. The van der Waals surface area contributed by atoms with Gasteiger partial charge < -0.3 is 15.4 Å². The van der Waals surface area contributed by atoms with Crippen LogP contribution in [0.2, 0.25) is 0 Å². The highest BCUT2D eigenvalue weighted by Gasteiger charge is 2.28. The van der Waals surface area contributed by atoms with Gasteiger partial charge in [-0.15, -0.1) is 12.4 Å². The van der Waals surface area contributed by atoms with E-state index < -0.39 is 0 Å². The van der Waals surface area contributed by atoms with Crippen LogP contribution < -0.4 is 10.6 Å². The fraction of sp³-hybridized carbons (Fsp3) is 0.500. The van der Waals surface area contributed by atoms with E-state index in [1.54, 1.807) is 0 Å². The highest BCUT2D eigenvalue weighted by Crippen LogP contribution is 2.15. The molecule has 0 aromatic heterocycles. The van der Waals surface area contributed by atoms with Crippen molar-refractivity contribution in [2.75, 3.05) is 18.5 Å². The number of morpholine rings is 1. The third-order valence-corrected chi connectivity index (χ3v) is 3.09. The lowest BCUT2D eigenvalue weighted by Gasteiger charge is -2.29. The Bertz CT molecular complexity index is 431. The Kier molecular flexibility index (Phi) is 5.79. The van der Waals surface area contributed by atoms with Crippen molar-refractivity contribution in [1.29, 1.82) is 0 Å². The minimum absolute atomic E-state index is 0. The van der Waals surface area contributed by atoms with Gasteiger partial charge in [-0.25, -0.2) is 0 Å². The van der Waals surface area contributed by atoms with Crippen LogP contribution in [0.15, 0.2) is 18.2 Å². The summed E-state index contributed by atoms with van der Waals surface area (Å²) in [5.74, 6) is -0.0350. The average molecular weight is 285 g/mol. The number of amides is 1. The minimum Gasteiger partial charge on any atom is -0.375 e. The van der Waals surface area contributed by atoms with Gasteiger partial charge in [0.1, 0.15) is 6.04 Å². The molecule has 106 valence electrons. The summed E-state index contributed by atoms with van der Waals surface area (Å²) in [5, 5.41) is 6.12. The zero-order valence-corrected chi connectivity index (χ0v) is 12.3. The number of nitrogens with one attached hydrogen (secondary N) is 2. The van der Waals surface area contributed by atoms with Gasteiger partial charge in [-0.1, -0.05) is 6.07 Å².